The Morgan fingerprint density at radius 1 is 0.707 bits per heavy atom. The van der Waals surface area contributed by atoms with Gasteiger partial charge in [0.2, 0.25) is 0 Å². The van der Waals surface area contributed by atoms with Gasteiger partial charge in [0.1, 0.15) is 40.2 Å². The van der Waals surface area contributed by atoms with Crippen LogP contribution in [0.1, 0.15) is 11.1 Å². The highest BCUT2D eigenvalue weighted by atomic mass is 79.9. The third-order valence-corrected chi connectivity index (χ3v) is 11.2. The molecule has 5 rings (SSSR count). The van der Waals surface area contributed by atoms with Gasteiger partial charge in [-0.2, -0.15) is 0 Å². The van der Waals surface area contributed by atoms with Crippen LogP contribution < -0.4 is 20.7 Å². The number of ether oxygens (including phenoxy) is 2. The molecule has 0 aliphatic rings. The number of para-hydroxylation sites is 1. The van der Waals surface area contributed by atoms with Crippen LogP contribution in [-0.4, -0.2) is 18.2 Å². The van der Waals surface area contributed by atoms with E-state index in [9.17, 15) is 9.90 Å². The highest BCUT2D eigenvalue weighted by Crippen LogP contribution is 2.58. The minimum absolute atomic E-state index is 0. The van der Waals surface area contributed by atoms with Gasteiger partial charge < -0.3 is 14.6 Å². The molecule has 41 heavy (non-hydrogen) atoms. The molecule has 0 saturated carbocycles. The van der Waals surface area contributed by atoms with Gasteiger partial charge in [-0.15, -0.1) is 17.0 Å². The first-order chi connectivity index (χ1) is 19.6. The first-order valence-electron chi connectivity index (χ1n) is 13.0. The summed E-state index contributed by atoms with van der Waals surface area (Å²) in [7, 11) is -0.656. The molecule has 1 N–H and O–H groups in total. The number of methoxy groups -OCH3 is 1. The molecular formula is C35H31BrO4P+. The smallest absolute Gasteiger partial charge is 0.339 e. The Labute approximate surface area is 252 Å². The number of carboxylic acids is 1. The monoisotopic (exact) mass is 625 g/mol. The van der Waals surface area contributed by atoms with E-state index in [4.69, 9.17) is 9.47 Å². The molecule has 4 nitrogen and oxygen atoms in total. The molecule has 0 fully saturated rings. The Balaban J connectivity index is 0.00000387. The number of rotatable bonds is 10. The average Bonchev–Trinajstić information content (AvgIpc) is 3.00. The number of hydrogen-bond donors (Lipinski definition) is 1. The third kappa shape index (κ3) is 6.59. The second-order valence-corrected chi connectivity index (χ2v) is 12.8. The van der Waals surface area contributed by atoms with Gasteiger partial charge in [-0.05, 0) is 60.2 Å². The van der Waals surface area contributed by atoms with Crippen LogP contribution >= 0.6 is 24.2 Å². The number of carbonyl (C=O) groups is 1. The van der Waals surface area contributed by atoms with Gasteiger partial charge in [0, 0.05) is 5.56 Å². The number of carboxylic acid groups (broad SMARTS) is 1. The summed E-state index contributed by atoms with van der Waals surface area (Å²) < 4.78 is 11.3. The lowest BCUT2D eigenvalue weighted by atomic mass is 10.1. The maximum Gasteiger partial charge on any atom is 0.339 e. The number of aliphatic carboxylic acids is 1. The highest BCUT2D eigenvalue weighted by Gasteiger charge is 2.45. The van der Waals surface area contributed by atoms with Crippen LogP contribution in [-0.2, 0) is 15.7 Å². The van der Waals surface area contributed by atoms with Crippen molar-refractivity contribution in [1.82, 2.24) is 0 Å². The SMILES string of the molecule is Br.COC=C(C(=O)O)c1ccccc1Oc1cccc(C[P+](c2ccccc2)(c2ccccc2)c2ccccc2)c1. The maximum absolute atomic E-state index is 11.9. The minimum Gasteiger partial charge on any atom is -0.503 e. The van der Waals surface area contributed by atoms with Crippen molar-refractivity contribution in [3.8, 4) is 11.5 Å². The van der Waals surface area contributed by atoms with Crippen molar-refractivity contribution in [2.75, 3.05) is 7.11 Å². The molecule has 0 aliphatic heterocycles. The van der Waals surface area contributed by atoms with Gasteiger partial charge >= 0.3 is 5.97 Å². The van der Waals surface area contributed by atoms with Crippen LogP contribution in [0.3, 0.4) is 0 Å². The molecule has 0 heterocycles. The van der Waals surface area contributed by atoms with Crippen molar-refractivity contribution in [1.29, 1.82) is 0 Å². The van der Waals surface area contributed by atoms with Crippen molar-refractivity contribution in [2.24, 2.45) is 0 Å². The Morgan fingerprint density at radius 3 is 1.73 bits per heavy atom. The largest absolute Gasteiger partial charge is 0.503 e. The molecule has 5 aromatic rings. The summed E-state index contributed by atoms with van der Waals surface area (Å²) in [6.45, 7) is 0. The summed E-state index contributed by atoms with van der Waals surface area (Å²) in [5, 5.41) is 13.7. The molecule has 0 atom stereocenters. The second kappa shape index (κ2) is 13.9. The summed E-state index contributed by atoms with van der Waals surface area (Å²) in [5.41, 5.74) is 1.60. The molecule has 206 valence electrons. The lowest BCUT2D eigenvalue weighted by Gasteiger charge is -2.28. The second-order valence-electron chi connectivity index (χ2n) is 9.29. The van der Waals surface area contributed by atoms with Crippen molar-refractivity contribution in [3.63, 3.8) is 0 Å². The summed E-state index contributed by atoms with van der Waals surface area (Å²) in [6, 6.07) is 47.4. The van der Waals surface area contributed by atoms with Crippen LogP contribution in [0.25, 0.3) is 5.57 Å². The van der Waals surface area contributed by atoms with E-state index in [1.54, 1.807) is 18.2 Å². The van der Waals surface area contributed by atoms with E-state index in [-0.39, 0.29) is 22.6 Å². The normalized spacial score (nSPS) is 11.3. The molecule has 0 spiro atoms. The zero-order chi connectivity index (χ0) is 27.8. The molecule has 0 saturated heterocycles. The van der Waals surface area contributed by atoms with E-state index in [0.29, 0.717) is 17.1 Å². The zero-order valence-corrected chi connectivity index (χ0v) is 25.2. The van der Waals surface area contributed by atoms with Gasteiger partial charge in [0.25, 0.3) is 0 Å². The van der Waals surface area contributed by atoms with Gasteiger partial charge in [-0.25, -0.2) is 4.79 Å². The van der Waals surface area contributed by atoms with Crippen molar-refractivity contribution in [2.45, 2.75) is 6.16 Å². The van der Waals surface area contributed by atoms with Crippen LogP contribution in [0.4, 0.5) is 0 Å². The van der Waals surface area contributed by atoms with Crippen LogP contribution in [0, 0.1) is 0 Å². The standard InChI is InChI=1S/C35H29O4P.BrH/c1-38-25-33(35(36)37)32-22-11-12-23-34(32)39-28-15-13-14-27(24-28)26-40(29-16-5-2-6-17-29,30-18-7-3-8-19-30)31-20-9-4-10-21-31;/h2-25H,26H2,1H3;1H/p+1. The Morgan fingerprint density at radius 2 is 1.22 bits per heavy atom. The Bertz CT molecular complexity index is 1510. The topological polar surface area (TPSA) is 55.8 Å². The molecule has 6 heteroatoms. The van der Waals surface area contributed by atoms with E-state index in [2.05, 4.69) is 103 Å². The van der Waals surface area contributed by atoms with Gasteiger partial charge in [-0.1, -0.05) is 84.9 Å². The fraction of sp³-hybridized carbons (Fsp3) is 0.0571. The first kappa shape index (κ1) is 29.8. The van der Waals surface area contributed by atoms with Gasteiger partial charge in [0.05, 0.1) is 19.5 Å². The average molecular weight is 627 g/mol. The molecule has 0 amide bonds. The van der Waals surface area contributed by atoms with E-state index < -0.39 is 13.2 Å². The molecule has 0 aromatic heterocycles. The van der Waals surface area contributed by atoms with Crippen LogP contribution in [0.15, 0.2) is 146 Å². The van der Waals surface area contributed by atoms with Crippen LogP contribution in [0.2, 0.25) is 0 Å². The third-order valence-electron chi connectivity index (χ3n) is 6.78. The lowest BCUT2D eigenvalue weighted by molar-refractivity contribution is -0.130. The summed E-state index contributed by atoms with van der Waals surface area (Å²) in [5.74, 6) is -0.00482. The molecular weight excluding hydrogens is 595 g/mol. The van der Waals surface area contributed by atoms with E-state index in [0.717, 1.165) is 11.7 Å². The predicted octanol–water partition coefficient (Wildman–Crippen LogP) is 7.62. The lowest BCUT2D eigenvalue weighted by Crippen LogP contribution is -2.32. The van der Waals surface area contributed by atoms with E-state index in [1.807, 2.05) is 18.2 Å². The fourth-order valence-corrected chi connectivity index (χ4v) is 9.23. The number of halogens is 1. The number of benzene rings is 5. The minimum atomic E-state index is -2.08. The summed E-state index contributed by atoms with van der Waals surface area (Å²) >= 11 is 0. The van der Waals surface area contributed by atoms with Gasteiger partial charge in [-0.3, -0.25) is 0 Å². The van der Waals surface area contributed by atoms with Crippen molar-refractivity contribution < 1.29 is 19.4 Å². The first-order valence-corrected chi connectivity index (χ1v) is 15.0. The maximum atomic E-state index is 11.9. The van der Waals surface area contributed by atoms with E-state index in [1.165, 1.54) is 29.3 Å². The fourth-order valence-electron chi connectivity index (χ4n) is 5.00. The van der Waals surface area contributed by atoms with Gasteiger partial charge in [0.15, 0.2) is 0 Å². The van der Waals surface area contributed by atoms with Crippen LogP contribution in [0.5, 0.6) is 11.5 Å². The quantitative estimate of drug-likeness (QED) is 0.0985. The number of hydrogen-bond acceptors (Lipinski definition) is 3. The van der Waals surface area contributed by atoms with E-state index >= 15 is 0 Å². The molecule has 5 aromatic carbocycles. The predicted molar refractivity (Wildman–Crippen MR) is 175 cm³/mol. The molecule has 0 radical (unpaired) electrons. The van der Waals surface area contributed by atoms with Crippen molar-refractivity contribution >= 4 is 51.7 Å². The Hall–Kier alpha value is -4.18. The molecule has 0 bridgehead atoms. The summed E-state index contributed by atoms with van der Waals surface area (Å²) in [4.78, 5) is 11.9. The van der Waals surface area contributed by atoms with Crippen molar-refractivity contribution in [3.05, 3.63) is 157 Å². The molecule has 0 unspecified atom stereocenters. The Kier molecular flexibility index (Phi) is 10.1. The highest BCUT2D eigenvalue weighted by molar-refractivity contribution is 8.93. The molecule has 0 aliphatic carbocycles. The summed E-state index contributed by atoms with van der Waals surface area (Å²) in [6.07, 6.45) is 2.02. The zero-order valence-electron chi connectivity index (χ0n) is 22.6.